The summed E-state index contributed by atoms with van der Waals surface area (Å²) in [6.07, 6.45) is 0.222. The Balaban J connectivity index is 2.29. The van der Waals surface area contributed by atoms with E-state index in [1.54, 1.807) is 0 Å². The van der Waals surface area contributed by atoms with Crippen molar-refractivity contribution in [1.82, 2.24) is 5.32 Å². The molecule has 0 spiro atoms. The second-order valence-electron chi connectivity index (χ2n) is 3.01. The minimum Gasteiger partial charge on any atom is -0.348 e. The smallest absolute Gasteiger partial charge is 0.163 e. The molecule has 0 saturated carbocycles. The van der Waals surface area contributed by atoms with E-state index >= 15 is 0 Å². The third kappa shape index (κ3) is 1.94. The van der Waals surface area contributed by atoms with Gasteiger partial charge < -0.3 is 14.8 Å². The van der Waals surface area contributed by atoms with Crippen LogP contribution in [0.4, 0.5) is 0 Å². The second kappa shape index (κ2) is 2.86. The Labute approximate surface area is 61.7 Å². The number of hydrogen-bond donors (Lipinski definition) is 1. The van der Waals surface area contributed by atoms with Crippen molar-refractivity contribution < 1.29 is 9.47 Å². The predicted octanol–water partition coefficient (Wildman–Crippen LogP) is 0.357. The van der Waals surface area contributed by atoms with Gasteiger partial charge in [0, 0.05) is 6.54 Å². The molecule has 0 aliphatic carbocycles. The van der Waals surface area contributed by atoms with Gasteiger partial charge in [-0.05, 0) is 20.9 Å². The van der Waals surface area contributed by atoms with E-state index in [9.17, 15) is 0 Å². The number of rotatable bonds is 2. The molecule has 60 valence electrons. The van der Waals surface area contributed by atoms with Gasteiger partial charge in [-0.2, -0.15) is 0 Å². The average molecular weight is 145 g/mol. The maximum Gasteiger partial charge on any atom is 0.163 e. The van der Waals surface area contributed by atoms with Crippen LogP contribution in [0.25, 0.3) is 0 Å². The molecule has 1 heterocycles. The molecule has 0 unspecified atom stereocenters. The standard InChI is InChI=1S/C7H15NO2/c1-7(2)9-5-6(10-7)4-8-3/h6,8H,4-5H2,1-3H3/t6-/m0/s1. The topological polar surface area (TPSA) is 30.5 Å². The zero-order valence-corrected chi connectivity index (χ0v) is 6.81. The maximum atomic E-state index is 5.50. The lowest BCUT2D eigenvalue weighted by molar-refractivity contribution is -0.137. The molecule has 3 heteroatoms. The number of likely N-dealkylation sites (N-methyl/N-ethyl adjacent to an activating group) is 1. The largest absolute Gasteiger partial charge is 0.348 e. The molecular formula is C7H15NO2. The van der Waals surface area contributed by atoms with E-state index < -0.39 is 0 Å². The first-order chi connectivity index (χ1) is 4.64. The van der Waals surface area contributed by atoms with Crippen molar-refractivity contribution in [3.63, 3.8) is 0 Å². The lowest BCUT2D eigenvalue weighted by atomic mass is 10.4. The van der Waals surface area contributed by atoms with E-state index in [2.05, 4.69) is 5.32 Å². The molecule has 1 aliphatic rings. The molecule has 0 aromatic heterocycles. The van der Waals surface area contributed by atoms with Crippen LogP contribution in [0, 0.1) is 0 Å². The summed E-state index contributed by atoms with van der Waals surface area (Å²) in [6.45, 7) is 5.43. The molecule has 0 aromatic carbocycles. The predicted molar refractivity (Wildman–Crippen MR) is 38.8 cm³/mol. The van der Waals surface area contributed by atoms with Gasteiger partial charge in [-0.25, -0.2) is 0 Å². The molecule has 0 aromatic rings. The minimum absolute atomic E-state index is 0.222. The molecule has 1 aliphatic heterocycles. The van der Waals surface area contributed by atoms with Gasteiger partial charge in [0.05, 0.1) is 12.7 Å². The summed E-state index contributed by atoms with van der Waals surface area (Å²) >= 11 is 0. The Morgan fingerprint density at radius 1 is 1.60 bits per heavy atom. The maximum absolute atomic E-state index is 5.50. The molecule has 1 N–H and O–H groups in total. The van der Waals surface area contributed by atoms with E-state index in [0.29, 0.717) is 6.61 Å². The van der Waals surface area contributed by atoms with Gasteiger partial charge in [0.15, 0.2) is 5.79 Å². The summed E-state index contributed by atoms with van der Waals surface area (Å²) in [7, 11) is 1.91. The van der Waals surface area contributed by atoms with Crippen LogP contribution in [-0.2, 0) is 9.47 Å². The van der Waals surface area contributed by atoms with Crippen LogP contribution in [-0.4, -0.2) is 32.1 Å². The highest BCUT2D eigenvalue weighted by molar-refractivity contribution is 4.71. The molecule has 0 radical (unpaired) electrons. The van der Waals surface area contributed by atoms with Crippen molar-refractivity contribution in [2.75, 3.05) is 20.2 Å². The van der Waals surface area contributed by atoms with Gasteiger partial charge in [-0.3, -0.25) is 0 Å². The molecule has 1 saturated heterocycles. The van der Waals surface area contributed by atoms with Crippen LogP contribution in [0.2, 0.25) is 0 Å². The Morgan fingerprint density at radius 3 is 2.70 bits per heavy atom. The highest BCUT2D eigenvalue weighted by atomic mass is 16.7. The minimum atomic E-state index is -0.373. The fourth-order valence-corrected chi connectivity index (χ4v) is 1.09. The third-order valence-corrected chi connectivity index (χ3v) is 1.50. The van der Waals surface area contributed by atoms with Crippen molar-refractivity contribution in [3.05, 3.63) is 0 Å². The fourth-order valence-electron chi connectivity index (χ4n) is 1.09. The molecule has 1 fully saturated rings. The van der Waals surface area contributed by atoms with Crippen LogP contribution in [0.3, 0.4) is 0 Å². The van der Waals surface area contributed by atoms with E-state index in [1.807, 2.05) is 20.9 Å². The zero-order valence-electron chi connectivity index (χ0n) is 6.81. The van der Waals surface area contributed by atoms with Gasteiger partial charge >= 0.3 is 0 Å². The van der Waals surface area contributed by atoms with Crippen LogP contribution >= 0.6 is 0 Å². The van der Waals surface area contributed by atoms with Crippen molar-refractivity contribution in [2.45, 2.75) is 25.7 Å². The van der Waals surface area contributed by atoms with E-state index in [1.165, 1.54) is 0 Å². The first-order valence-electron chi connectivity index (χ1n) is 3.60. The molecular weight excluding hydrogens is 130 g/mol. The molecule has 10 heavy (non-hydrogen) atoms. The van der Waals surface area contributed by atoms with Crippen LogP contribution in [0.15, 0.2) is 0 Å². The lowest BCUT2D eigenvalue weighted by Gasteiger charge is -2.16. The average Bonchev–Trinajstić information content (AvgIpc) is 2.12. The van der Waals surface area contributed by atoms with E-state index in [-0.39, 0.29) is 11.9 Å². The number of hydrogen-bond acceptors (Lipinski definition) is 3. The van der Waals surface area contributed by atoms with Gasteiger partial charge in [-0.1, -0.05) is 0 Å². The van der Waals surface area contributed by atoms with E-state index in [4.69, 9.17) is 9.47 Å². The van der Waals surface area contributed by atoms with Gasteiger partial charge in [0.1, 0.15) is 0 Å². The number of nitrogens with one attached hydrogen (secondary N) is 1. The summed E-state index contributed by atoms with van der Waals surface area (Å²) < 4.78 is 10.8. The van der Waals surface area contributed by atoms with Crippen molar-refractivity contribution in [3.8, 4) is 0 Å². The second-order valence-corrected chi connectivity index (χ2v) is 3.01. The Hall–Kier alpha value is -0.120. The zero-order chi connectivity index (χ0) is 7.61. The Morgan fingerprint density at radius 2 is 2.30 bits per heavy atom. The first kappa shape index (κ1) is 7.98. The summed E-state index contributed by atoms with van der Waals surface area (Å²) in [4.78, 5) is 0. The van der Waals surface area contributed by atoms with Crippen LogP contribution < -0.4 is 5.32 Å². The fraction of sp³-hybridized carbons (Fsp3) is 1.00. The molecule has 3 nitrogen and oxygen atoms in total. The Bertz CT molecular complexity index is 114. The normalized spacial score (nSPS) is 30.9. The Kier molecular flexibility index (Phi) is 2.28. The molecule has 1 rings (SSSR count). The van der Waals surface area contributed by atoms with Crippen LogP contribution in [0.1, 0.15) is 13.8 Å². The SMILES string of the molecule is CNC[C@H]1COC(C)(C)O1. The molecule has 0 bridgehead atoms. The first-order valence-corrected chi connectivity index (χ1v) is 3.60. The monoisotopic (exact) mass is 145 g/mol. The highest BCUT2D eigenvalue weighted by Crippen LogP contribution is 2.21. The molecule has 1 atom stereocenters. The lowest BCUT2D eigenvalue weighted by Crippen LogP contribution is -2.28. The van der Waals surface area contributed by atoms with Crippen LogP contribution in [0.5, 0.6) is 0 Å². The van der Waals surface area contributed by atoms with E-state index in [0.717, 1.165) is 6.54 Å². The van der Waals surface area contributed by atoms with Crippen molar-refractivity contribution in [1.29, 1.82) is 0 Å². The highest BCUT2D eigenvalue weighted by Gasteiger charge is 2.31. The quantitative estimate of drug-likeness (QED) is 0.608. The molecule has 0 amide bonds. The summed E-state index contributed by atoms with van der Waals surface area (Å²) in [5, 5.41) is 3.04. The third-order valence-electron chi connectivity index (χ3n) is 1.50. The summed E-state index contributed by atoms with van der Waals surface area (Å²) in [5.41, 5.74) is 0. The summed E-state index contributed by atoms with van der Waals surface area (Å²) in [6, 6.07) is 0. The summed E-state index contributed by atoms with van der Waals surface area (Å²) in [5.74, 6) is -0.373. The van der Waals surface area contributed by atoms with Gasteiger partial charge in [-0.15, -0.1) is 0 Å². The van der Waals surface area contributed by atoms with Gasteiger partial charge in [0.2, 0.25) is 0 Å². The van der Waals surface area contributed by atoms with Gasteiger partial charge in [0.25, 0.3) is 0 Å². The number of ether oxygens (including phenoxy) is 2. The van der Waals surface area contributed by atoms with Crippen molar-refractivity contribution >= 4 is 0 Å². The van der Waals surface area contributed by atoms with Crippen molar-refractivity contribution in [2.24, 2.45) is 0 Å².